The molecule has 0 saturated heterocycles. The molecule has 2 heterocycles. The molecule has 1 amide bonds. The number of pyridine rings is 1. The maximum absolute atomic E-state index is 12.9. The van der Waals surface area contributed by atoms with E-state index in [2.05, 4.69) is 29.0 Å². The van der Waals surface area contributed by atoms with Gasteiger partial charge in [-0.25, -0.2) is 4.98 Å². The van der Waals surface area contributed by atoms with Crippen molar-refractivity contribution in [2.75, 3.05) is 12.8 Å². The smallest absolute Gasteiger partial charge is 0.254 e. The number of aryl methyl sites for hydroxylation is 1. The minimum Gasteiger partial charge on any atom is -0.383 e. The van der Waals surface area contributed by atoms with Gasteiger partial charge >= 0.3 is 0 Å². The van der Waals surface area contributed by atoms with E-state index in [1.807, 2.05) is 41.8 Å². The average Bonchev–Trinajstić information content (AvgIpc) is 3.09. The first-order chi connectivity index (χ1) is 12.9. The number of hydrogen-bond donors (Lipinski definition) is 1. The van der Waals surface area contributed by atoms with Gasteiger partial charge in [-0.15, -0.1) is 10.2 Å². The number of hydrogen-bond acceptors (Lipinski definition) is 5. The Labute approximate surface area is 158 Å². The zero-order valence-electron chi connectivity index (χ0n) is 16.0. The number of nitrogens with zero attached hydrogens (tertiary/aromatic N) is 5. The molecule has 27 heavy (non-hydrogen) atoms. The third-order valence-electron chi connectivity index (χ3n) is 4.41. The van der Waals surface area contributed by atoms with Crippen LogP contribution >= 0.6 is 0 Å². The highest BCUT2D eigenvalue weighted by Gasteiger charge is 2.17. The number of aromatic nitrogens is 4. The molecule has 3 rings (SSSR count). The Bertz CT molecular complexity index is 963. The lowest BCUT2D eigenvalue weighted by Gasteiger charge is -2.19. The second-order valence-electron chi connectivity index (χ2n) is 6.88. The average molecular weight is 364 g/mol. The Morgan fingerprint density at radius 2 is 2.04 bits per heavy atom. The first kappa shape index (κ1) is 18.6. The summed E-state index contributed by atoms with van der Waals surface area (Å²) in [5, 5.41) is 8.09. The lowest BCUT2D eigenvalue weighted by molar-refractivity contribution is 0.0779. The van der Waals surface area contributed by atoms with Gasteiger partial charge in [-0.2, -0.15) is 0 Å². The van der Waals surface area contributed by atoms with Crippen LogP contribution in [-0.4, -0.2) is 37.6 Å². The number of carbonyl (C=O) groups excluding carboxylic acids is 1. The molecule has 3 aromatic rings. The van der Waals surface area contributed by atoms with E-state index in [0.29, 0.717) is 17.9 Å². The Hall–Kier alpha value is -3.22. The van der Waals surface area contributed by atoms with Crippen LogP contribution in [-0.2, 0) is 6.54 Å². The molecule has 0 saturated carbocycles. The zero-order valence-corrected chi connectivity index (χ0v) is 16.0. The van der Waals surface area contributed by atoms with Crippen molar-refractivity contribution in [3.63, 3.8) is 0 Å². The molecule has 140 valence electrons. The second-order valence-corrected chi connectivity index (χ2v) is 6.88. The molecule has 0 bridgehead atoms. The Morgan fingerprint density at radius 3 is 2.74 bits per heavy atom. The van der Waals surface area contributed by atoms with Crippen molar-refractivity contribution in [2.45, 2.75) is 33.4 Å². The van der Waals surface area contributed by atoms with Gasteiger partial charge in [0, 0.05) is 29.9 Å². The monoisotopic (exact) mass is 364 g/mol. The van der Waals surface area contributed by atoms with Gasteiger partial charge in [0.15, 0.2) is 5.82 Å². The van der Waals surface area contributed by atoms with Gasteiger partial charge < -0.3 is 15.2 Å². The van der Waals surface area contributed by atoms with E-state index in [-0.39, 0.29) is 11.9 Å². The van der Waals surface area contributed by atoms with Crippen LogP contribution in [0.5, 0.6) is 0 Å². The van der Waals surface area contributed by atoms with Crippen LogP contribution in [0.3, 0.4) is 0 Å². The maximum Gasteiger partial charge on any atom is 0.254 e. The molecular weight excluding hydrogens is 340 g/mol. The van der Waals surface area contributed by atoms with Gasteiger partial charge in [0.1, 0.15) is 12.1 Å². The van der Waals surface area contributed by atoms with Crippen molar-refractivity contribution >= 4 is 11.7 Å². The van der Waals surface area contributed by atoms with Crippen molar-refractivity contribution in [2.24, 2.45) is 0 Å². The predicted molar refractivity (Wildman–Crippen MR) is 105 cm³/mol. The maximum atomic E-state index is 12.9. The Balaban J connectivity index is 1.83. The number of amides is 1. The van der Waals surface area contributed by atoms with Crippen molar-refractivity contribution < 1.29 is 4.79 Å². The van der Waals surface area contributed by atoms with Crippen molar-refractivity contribution in [3.8, 4) is 11.1 Å². The quantitative estimate of drug-likeness (QED) is 0.751. The van der Waals surface area contributed by atoms with E-state index in [1.54, 1.807) is 24.3 Å². The van der Waals surface area contributed by atoms with Gasteiger partial charge in [-0.3, -0.25) is 4.79 Å². The number of nitrogen functional groups attached to an aromatic ring is 1. The highest BCUT2D eigenvalue weighted by atomic mass is 16.2. The van der Waals surface area contributed by atoms with E-state index in [0.717, 1.165) is 22.6 Å². The van der Waals surface area contributed by atoms with Crippen LogP contribution in [0.2, 0.25) is 0 Å². The Morgan fingerprint density at radius 1 is 1.26 bits per heavy atom. The van der Waals surface area contributed by atoms with Gasteiger partial charge in [-0.05, 0) is 50.6 Å². The lowest BCUT2D eigenvalue weighted by Crippen LogP contribution is -2.28. The standard InChI is InChI=1S/C20H24N6O/c1-13(2)26-12-22-24-18(26)11-25(4)20(27)16-7-5-6-15(10-16)17-9-8-14(3)23-19(17)21/h5-10,12-13H,11H2,1-4H3,(H2,21,23). The largest absolute Gasteiger partial charge is 0.383 e. The topological polar surface area (TPSA) is 89.9 Å². The molecule has 7 heteroatoms. The third-order valence-corrected chi connectivity index (χ3v) is 4.41. The molecule has 2 aromatic heterocycles. The first-order valence-electron chi connectivity index (χ1n) is 8.84. The summed E-state index contributed by atoms with van der Waals surface area (Å²) in [5.41, 5.74) is 9.18. The second kappa shape index (κ2) is 7.57. The van der Waals surface area contributed by atoms with Crippen molar-refractivity contribution in [1.82, 2.24) is 24.6 Å². The molecule has 0 fully saturated rings. The molecule has 7 nitrogen and oxygen atoms in total. The predicted octanol–water partition coefficient (Wildman–Crippen LogP) is 3.08. The fourth-order valence-electron chi connectivity index (χ4n) is 2.96. The third kappa shape index (κ3) is 3.97. The Kier molecular flexibility index (Phi) is 5.21. The number of rotatable bonds is 5. The van der Waals surface area contributed by atoms with E-state index < -0.39 is 0 Å². The van der Waals surface area contributed by atoms with Crippen molar-refractivity contribution in [3.05, 3.63) is 59.8 Å². The normalized spacial score (nSPS) is 11.0. The van der Waals surface area contributed by atoms with Gasteiger partial charge in [0.2, 0.25) is 0 Å². The molecule has 2 N–H and O–H groups in total. The molecule has 0 aliphatic heterocycles. The summed E-state index contributed by atoms with van der Waals surface area (Å²) in [6, 6.07) is 11.5. The molecule has 0 spiro atoms. The first-order valence-corrected chi connectivity index (χ1v) is 8.84. The number of carbonyl (C=O) groups is 1. The molecule has 0 radical (unpaired) electrons. The minimum atomic E-state index is -0.0891. The van der Waals surface area contributed by atoms with Crippen LogP contribution in [0.25, 0.3) is 11.1 Å². The van der Waals surface area contributed by atoms with E-state index in [9.17, 15) is 4.79 Å². The van der Waals surface area contributed by atoms with E-state index >= 15 is 0 Å². The van der Waals surface area contributed by atoms with Crippen LogP contribution in [0.4, 0.5) is 5.82 Å². The molecule has 0 unspecified atom stereocenters. The SMILES string of the molecule is Cc1ccc(-c2cccc(C(=O)N(C)Cc3nncn3C(C)C)c2)c(N)n1. The van der Waals surface area contributed by atoms with Crippen LogP contribution in [0, 0.1) is 6.92 Å². The summed E-state index contributed by atoms with van der Waals surface area (Å²) < 4.78 is 1.96. The lowest BCUT2D eigenvalue weighted by atomic mass is 10.0. The van der Waals surface area contributed by atoms with Gasteiger partial charge in [0.05, 0.1) is 6.54 Å². The molecule has 0 aliphatic rings. The number of benzene rings is 1. The fraction of sp³-hybridized carbons (Fsp3) is 0.300. The van der Waals surface area contributed by atoms with Gasteiger partial charge in [-0.1, -0.05) is 12.1 Å². The highest BCUT2D eigenvalue weighted by Crippen LogP contribution is 2.26. The molecule has 0 aliphatic carbocycles. The fourth-order valence-corrected chi connectivity index (χ4v) is 2.96. The molecule has 1 aromatic carbocycles. The van der Waals surface area contributed by atoms with E-state index in [4.69, 9.17) is 5.73 Å². The van der Waals surface area contributed by atoms with Crippen molar-refractivity contribution in [1.29, 1.82) is 0 Å². The molecule has 0 atom stereocenters. The highest BCUT2D eigenvalue weighted by molar-refractivity contribution is 5.95. The summed E-state index contributed by atoms with van der Waals surface area (Å²) in [5.74, 6) is 1.12. The van der Waals surface area contributed by atoms with Crippen LogP contribution < -0.4 is 5.73 Å². The van der Waals surface area contributed by atoms with E-state index in [1.165, 1.54) is 0 Å². The number of nitrogens with two attached hydrogens (primary N) is 1. The molecular formula is C20H24N6O. The van der Waals surface area contributed by atoms with Gasteiger partial charge in [0.25, 0.3) is 5.91 Å². The van der Waals surface area contributed by atoms with Crippen LogP contribution in [0.15, 0.2) is 42.7 Å². The summed E-state index contributed by atoms with van der Waals surface area (Å²) in [4.78, 5) is 18.8. The summed E-state index contributed by atoms with van der Waals surface area (Å²) in [6.07, 6.45) is 1.69. The summed E-state index contributed by atoms with van der Waals surface area (Å²) in [6.45, 7) is 6.39. The number of anilines is 1. The summed E-state index contributed by atoms with van der Waals surface area (Å²) in [7, 11) is 1.76. The zero-order chi connectivity index (χ0) is 19.6. The minimum absolute atomic E-state index is 0.0891. The van der Waals surface area contributed by atoms with Crippen LogP contribution in [0.1, 0.15) is 41.8 Å². The summed E-state index contributed by atoms with van der Waals surface area (Å²) >= 11 is 0.